The highest BCUT2D eigenvalue weighted by Gasteiger charge is 2.13. The summed E-state index contributed by atoms with van der Waals surface area (Å²) >= 11 is 0. The average Bonchev–Trinajstić information content (AvgIpc) is 2.37. The lowest BCUT2D eigenvalue weighted by Gasteiger charge is -2.21. The van der Waals surface area contributed by atoms with Crippen LogP contribution in [0, 0.1) is 0 Å². The number of nitrogen functional groups attached to an aromatic ring is 1. The van der Waals surface area contributed by atoms with Gasteiger partial charge in [-0.1, -0.05) is 19.1 Å². The molecule has 0 spiro atoms. The zero-order valence-corrected chi connectivity index (χ0v) is 10.6. The molecule has 0 bridgehead atoms. The molecular formula is C13H20N2O3. The van der Waals surface area contributed by atoms with Crippen molar-refractivity contribution in [1.82, 2.24) is 4.90 Å². The van der Waals surface area contributed by atoms with Crippen LogP contribution in [0.5, 0.6) is 5.75 Å². The van der Waals surface area contributed by atoms with Crippen molar-refractivity contribution in [3.63, 3.8) is 0 Å². The monoisotopic (exact) mass is 252 g/mol. The first kappa shape index (κ1) is 14.3. The largest absolute Gasteiger partial charge is 0.482 e. The van der Waals surface area contributed by atoms with Crippen LogP contribution in [0.1, 0.15) is 13.3 Å². The van der Waals surface area contributed by atoms with E-state index in [1.807, 2.05) is 6.92 Å². The second kappa shape index (κ2) is 7.55. The molecule has 0 aliphatic carbocycles. The first-order chi connectivity index (χ1) is 8.69. The van der Waals surface area contributed by atoms with E-state index in [2.05, 4.69) is 0 Å². The smallest absolute Gasteiger partial charge is 0.260 e. The Hall–Kier alpha value is -1.75. The summed E-state index contributed by atoms with van der Waals surface area (Å²) in [6.45, 7) is 2.83. The van der Waals surface area contributed by atoms with Gasteiger partial charge in [-0.15, -0.1) is 0 Å². The number of rotatable bonds is 7. The molecule has 0 radical (unpaired) electrons. The molecule has 1 amide bonds. The zero-order chi connectivity index (χ0) is 13.4. The second-order valence-corrected chi connectivity index (χ2v) is 3.93. The Morgan fingerprint density at radius 1 is 1.39 bits per heavy atom. The summed E-state index contributed by atoms with van der Waals surface area (Å²) < 4.78 is 5.37. The van der Waals surface area contributed by atoms with Gasteiger partial charge in [-0.3, -0.25) is 4.79 Å². The first-order valence-electron chi connectivity index (χ1n) is 6.05. The van der Waals surface area contributed by atoms with Crippen LogP contribution in [0.4, 0.5) is 5.69 Å². The fraction of sp³-hybridized carbons (Fsp3) is 0.462. The van der Waals surface area contributed by atoms with E-state index in [1.165, 1.54) is 0 Å². The van der Waals surface area contributed by atoms with Crippen LogP contribution in [0.15, 0.2) is 24.3 Å². The normalized spacial score (nSPS) is 10.1. The third-order valence-corrected chi connectivity index (χ3v) is 2.49. The first-order valence-corrected chi connectivity index (χ1v) is 6.05. The number of nitrogens with zero attached hydrogens (tertiary/aromatic N) is 1. The van der Waals surface area contributed by atoms with E-state index in [-0.39, 0.29) is 19.1 Å². The maximum atomic E-state index is 11.9. The Bertz CT molecular complexity index is 376. The van der Waals surface area contributed by atoms with E-state index < -0.39 is 0 Å². The molecule has 0 unspecified atom stereocenters. The lowest BCUT2D eigenvalue weighted by Crippen LogP contribution is -2.37. The predicted molar refractivity (Wildman–Crippen MR) is 70.3 cm³/mol. The van der Waals surface area contributed by atoms with Crippen molar-refractivity contribution in [2.45, 2.75) is 13.3 Å². The van der Waals surface area contributed by atoms with E-state index >= 15 is 0 Å². The Labute approximate surface area is 107 Å². The van der Waals surface area contributed by atoms with Crippen LogP contribution >= 0.6 is 0 Å². The number of benzene rings is 1. The van der Waals surface area contributed by atoms with Crippen molar-refractivity contribution < 1.29 is 14.6 Å². The fourth-order valence-electron chi connectivity index (χ4n) is 1.59. The van der Waals surface area contributed by atoms with Gasteiger partial charge in [0.25, 0.3) is 5.91 Å². The fourth-order valence-corrected chi connectivity index (χ4v) is 1.59. The summed E-state index contributed by atoms with van der Waals surface area (Å²) in [5.41, 5.74) is 6.22. The average molecular weight is 252 g/mol. The van der Waals surface area contributed by atoms with Gasteiger partial charge < -0.3 is 20.5 Å². The minimum Gasteiger partial charge on any atom is -0.482 e. The summed E-state index contributed by atoms with van der Waals surface area (Å²) in [4.78, 5) is 13.4. The number of aliphatic hydroxyl groups excluding tert-OH is 1. The van der Waals surface area contributed by atoms with Crippen LogP contribution < -0.4 is 10.5 Å². The SMILES string of the molecule is CCCN(CCO)C(=O)COc1ccccc1N. The highest BCUT2D eigenvalue weighted by molar-refractivity contribution is 5.78. The van der Waals surface area contributed by atoms with Crippen molar-refractivity contribution in [3.05, 3.63) is 24.3 Å². The minimum atomic E-state index is -0.144. The highest BCUT2D eigenvalue weighted by Crippen LogP contribution is 2.19. The van der Waals surface area contributed by atoms with Gasteiger partial charge in [-0.2, -0.15) is 0 Å². The van der Waals surface area contributed by atoms with Gasteiger partial charge in [0.1, 0.15) is 5.75 Å². The number of hydrogen-bond donors (Lipinski definition) is 2. The van der Waals surface area contributed by atoms with Gasteiger partial charge in [0.2, 0.25) is 0 Å². The molecule has 0 aromatic heterocycles. The van der Waals surface area contributed by atoms with E-state index in [0.717, 1.165) is 6.42 Å². The van der Waals surface area contributed by atoms with Gasteiger partial charge >= 0.3 is 0 Å². The number of nitrogens with two attached hydrogens (primary N) is 1. The maximum absolute atomic E-state index is 11.9. The molecule has 1 aromatic rings. The predicted octanol–water partition coefficient (Wildman–Crippen LogP) is 0.878. The summed E-state index contributed by atoms with van der Waals surface area (Å²) in [5.74, 6) is 0.362. The van der Waals surface area contributed by atoms with E-state index in [1.54, 1.807) is 29.2 Å². The molecule has 1 rings (SSSR count). The molecule has 0 atom stereocenters. The second-order valence-electron chi connectivity index (χ2n) is 3.93. The molecule has 1 aromatic carbocycles. The molecule has 0 saturated carbocycles. The molecule has 0 aliphatic rings. The van der Waals surface area contributed by atoms with Gasteiger partial charge in [0.05, 0.1) is 12.3 Å². The van der Waals surface area contributed by atoms with E-state index in [4.69, 9.17) is 15.6 Å². The number of hydrogen-bond acceptors (Lipinski definition) is 4. The third kappa shape index (κ3) is 4.25. The molecule has 5 nitrogen and oxygen atoms in total. The zero-order valence-electron chi connectivity index (χ0n) is 10.6. The summed E-state index contributed by atoms with van der Waals surface area (Å²) in [5, 5.41) is 8.89. The lowest BCUT2D eigenvalue weighted by atomic mass is 10.3. The van der Waals surface area contributed by atoms with Gasteiger partial charge in [-0.25, -0.2) is 0 Å². The number of anilines is 1. The molecule has 0 saturated heterocycles. The Morgan fingerprint density at radius 2 is 2.11 bits per heavy atom. The summed E-state index contributed by atoms with van der Waals surface area (Å²) in [6.07, 6.45) is 0.846. The van der Waals surface area contributed by atoms with Gasteiger partial charge in [0.15, 0.2) is 6.61 Å². The van der Waals surface area contributed by atoms with Crippen molar-refractivity contribution in [2.75, 3.05) is 32.0 Å². The quantitative estimate of drug-likeness (QED) is 0.706. The van der Waals surface area contributed by atoms with E-state index in [9.17, 15) is 4.79 Å². The van der Waals surface area contributed by atoms with Crippen LogP contribution in [-0.2, 0) is 4.79 Å². The molecule has 18 heavy (non-hydrogen) atoms. The minimum absolute atomic E-state index is 0.0424. The Kier molecular flexibility index (Phi) is 6.00. The van der Waals surface area contributed by atoms with Crippen molar-refractivity contribution in [1.29, 1.82) is 0 Å². The molecule has 3 N–H and O–H groups in total. The van der Waals surface area contributed by atoms with Crippen molar-refractivity contribution in [3.8, 4) is 5.75 Å². The number of carbonyl (C=O) groups excluding carboxylic acids is 1. The molecule has 0 aliphatic heterocycles. The number of para-hydroxylation sites is 2. The van der Waals surface area contributed by atoms with Crippen LogP contribution in [0.3, 0.4) is 0 Å². The van der Waals surface area contributed by atoms with Crippen molar-refractivity contribution >= 4 is 11.6 Å². The topological polar surface area (TPSA) is 75.8 Å². The van der Waals surface area contributed by atoms with Crippen LogP contribution in [-0.4, -0.2) is 42.2 Å². The standard InChI is InChI=1S/C13H20N2O3/c1-2-7-15(8-9-16)13(17)10-18-12-6-4-3-5-11(12)14/h3-6,16H,2,7-10,14H2,1H3. The number of carbonyl (C=O) groups is 1. The number of amides is 1. The third-order valence-electron chi connectivity index (χ3n) is 2.49. The van der Waals surface area contributed by atoms with Crippen LogP contribution in [0.25, 0.3) is 0 Å². The molecule has 100 valence electrons. The molecular weight excluding hydrogens is 232 g/mol. The summed E-state index contributed by atoms with van der Waals surface area (Å²) in [6, 6.07) is 7.04. The highest BCUT2D eigenvalue weighted by atomic mass is 16.5. The van der Waals surface area contributed by atoms with Crippen LogP contribution in [0.2, 0.25) is 0 Å². The van der Waals surface area contributed by atoms with E-state index in [0.29, 0.717) is 24.5 Å². The Balaban J connectivity index is 2.51. The molecule has 5 heteroatoms. The van der Waals surface area contributed by atoms with Gasteiger partial charge in [0, 0.05) is 13.1 Å². The van der Waals surface area contributed by atoms with Crippen molar-refractivity contribution in [2.24, 2.45) is 0 Å². The Morgan fingerprint density at radius 3 is 2.72 bits per heavy atom. The summed E-state index contributed by atoms with van der Waals surface area (Å²) in [7, 11) is 0. The van der Waals surface area contributed by atoms with Gasteiger partial charge in [-0.05, 0) is 18.6 Å². The number of aliphatic hydroxyl groups is 1. The number of ether oxygens (including phenoxy) is 1. The lowest BCUT2D eigenvalue weighted by molar-refractivity contribution is -0.133. The molecule has 0 heterocycles. The maximum Gasteiger partial charge on any atom is 0.260 e. The molecule has 0 fully saturated rings.